The third-order valence-electron chi connectivity index (χ3n) is 7.67. The SMILES string of the molecule is O=C(c1ccccn1)C12Cc3cnn(-c4ccc(F)cc4)c3C=C1CCN(S(=O)(=O)c1ccc(Cl)c(C(F)(F)F)c1)C2. The summed E-state index contributed by atoms with van der Waals surface area (Å²) in [4.78, 5) is 17.8. The van der Waals surface area contributed by atoms with Crippen LogP contribution in [0.5, 0.6) is 0 Å². The average Bonchev–Trinajstić information content (AvgIpc) is 3.37. The van der Waals surface area contributed by atoms with Gasteiger partial charge in [0.05, 0.1) is 38.5 Å². The molecule has 6 rings (SSSR count). The van der Waals surface area contributed by atoms with E-state index in [1.807, 2.05) is 0 Å². The van der Waals surface area contributed by atoms with Gasteiger partial charge in [0.15, 0.2) is 5.78 Å². The number of fused-ring (bicyclic) bond motifs is 2. The molecule has 2 aliphatic rings. The molecule has 0 saturated carbocycles. The number of carbonyl (C=O) groups excluding carboxylic acids is 1. The van der Waals surface area contributed by atoms with Gasteiger partial charge in [0.2, 0.25) is 10.0 Å². The minimum atomic E-state index is -4.86. The van der Waals surface area contributed by atoms with Gasteiger partial charge in [0.1, 0.15) is 11.5 Å². The van der Waals surface area contributed by atoms with Crippen molar-refractivity contribution in [2.75, 3.05) is 13.1 Å². The van der Waals surface area contributed by atoms with Crippen LogP contribution in [-0.4, -0.2) is 46.4 Å². The quantitative estimate of drug-likeness (QED) is 0.203. The molecule has 7 nitrogen and oxygen atoms in total. The molecule has 3 heterocycles. The number of benzene rings is 2. The Kier molecular flexibility index (Phi) is 6.82. The summed E-state index contributed by atoms with van der Waals surface area (Å²) in [6, 6.07) is 13.0. The zero-order valence-electron chi connectivity index (χ0n) is 21.6. The second-order valence-corrected chi connectivity index (χ2v) is 12.5. The normalized spacial score (nSPS) is 19.1. The second-order valence-electron chi connectivity index (χ2n) is 10.1. The van der Waals surface area contributed by atoms with Crippen molar-refractivity contribution in [2.45, 2.75) is 23.9 Å². The average molecular weight is 617 g/mol. The Morgan fingerprint density at radius 3 is 2.50 bits per heavy atom. The number of carbonyl (C=O) groups is 1. The van der Waals surface area contributed by atoms with Gasteiger partial charge in [-0.2, -0.15) is 22.6 Å². The molecule has 0 amide bonds. The molecule has 2 aromatic heterocycles. The lowest BCUT2D eigenvalue weighted by atomic mass is 9.65. The number of pyridine rings is 1. The lowest BCUT2D eigenvalue weighted by Gasteiger charge is -2.44. The monoisotopic (exact) mass is 616 g/mol. The molecule has 1 aliphatic heterocycles. The van der Waals surface area contributed by atoms with Crippen LogP contribution in [0.1, 0.15) is 33.7 Å². The first-order valence-electron chi connectivity index (χ1n) is 12.8. The van der Waals surface area contributed by atoms with Crippen LogP contribution in [0.15, 0.2) is 83.5 Å². The number of rotatable bonds is 5. The Bertz CT molecular complexity index is 1840. The van der Waals surface area contributed by atoms with E-state index in [1.54, 1.807) is 41.2 Å². The first-order valence-corrected chi connectivity index (χ1v) is 14.6. The van der Waals surface area contributed by atoms with E-state index < -0.39 is 48.7 Å². The fourth-order valence-electron chi connectivity index (χ4n) is 5.58. The molecule has 0 spiro atoms. The largest absolute Gasteiger partial charge is 0.417 e. The fraction of sp³-hybridized carbons (Fsp3) is 0.207. The Labute approximate surface area is 243 Å². The van der Waals surface area contributed by atoms with E-state index in [4.69, 9.17) is 11.6 Å². The highest BCUT2D eigenvalue weighted by Gasteiger charge is 2.51. The minimum absolute atomic E-state index is 0.0740. The van der Waals surface area contributed by atoms with Crippen molar-refractivity contribution >= 4 is 33.5 Å². The molecule has 0 radical (unpaired) electrons. The zero-order chi connectivity index (χ0) is 29.9. The van der Waals surface area contributed by atoms with Crippen molar-refractivity contribution in [2.24, 2.45) is 5.41 Å². The van der Waals surface area contributed by atoms with Gasteiger partial charge < -0.3 is 0 Å². The number of Topliss-reactive ketones (excluding diaryl/α,β-unsaturated/α-hetero) is 1. The lowest BCUT2D eigenvalue weighted by Crippen LogP contribution is -2.53. The van der Waals surface area contributed by atoms with Crippen molar-refractivity contribution in [1.29, 1.82) is 0 Å². The summed E-state index contributed by atoms with van der Waals surface area (Å²) in [5.41, 5.74) is 0.0416. The summed E-state index contributed by atoms with van der Waals surface area (Å²) in [6.07, 6.45) is 0.168. The molecule has 1 saturated heterocycles. The summed E-state index contributed by atoms with van der Waals surface area (Å²) >= 11 is 5.73. The highest BCUT2D eigenvalue weighted by atomic mass is 35.5. The Morgan fingerprint density at radius 2 is 1.81 bits per heavy atom. The third kappa shape index (κ3) is 4.73. The number of hydrogen-bond acceptors (Lipinski definition) is 5. The summed E-state index contributed by atoms with van der Waals surface area (Å²) in [7, 11) is -4.47. The zero-order valence-corrected chi connectivity index (χ0v) is 23.2. The van der Waals surface area contributed by atoms with E-state index in [2.05, 4.69) is 10.1 Å². The van der Waals surface area contributed by atoms with Gasteiger partial charge in [-0.3, -0.25) is 9.78 Å². The van der Waals surface area contributed by atoms with E-state index >= 15 is 0 Å². The van der Waals surface area contributed by atoms with Gasteiger partial charge in [-0.05, 0) is 79.1 Å². The van der Waals surface area contributed by atoms with Gasteiger partial charge >= 0.3 is 6.18 Å². The van der Waals surface area contributed by atoms with E-state index in [0.717, 1.165) is 16.4 Å². The molecule has 0 N–H and O–H groups in total. The number of sulfonamides is 1. The lowest BCUT2D eigenvalue weighted by molar-refractivity contribution is -0.137. The van der Waals surface area contributed by atoms with Crippen LogP contribution in [0.3, 0.4) is 0 Å². The topological polar surface area (TPSA) is 85.2 Å². The van der Waals surface area contributed by atoms with Crippen LogP contribution in [0.4, 0.5) is 17.6 Å². The van der Waals surface area contributed by atoms with Crippen LogP contribution in [0.25, 0.3) is 11.8 Å². The van der Waals surface area contributed by atoms with Gasteiger partial charge in [-0.1, -0.05) is 23.2 Å². The first-order chi connectivity index (χ1) is 19.9. The predicted octanol–water partition coefficient (Wildman–Crippen LogP) is 5.98. The van der Waals surface area contributed by atoms with Crippen molar-refractivity contribution in [3.8, 4) is 5.69 Å². The summed E-state index contributed by atoms with van der Waals surface area (Å²) in [5, 5.41) is 3.83. The number of halogens is 5. The van der Waals surface area contributed by atoms with Gasteiger partial charge in [-0.25, -0.2) is 17.5 Å². The molecule has 4 aromatic rings. The van der Waals surface area contributed by atoms with Crippen LogP contribution in [0.2, 0.25) is 5.02 Å². The molecule has 13 heteroatoms. The number of piperidine rings is 1. The minimum Gasteiger partial charge on any atom is -0.291 e. The number of hydrogen-bond donors (Lipinski definition) is 0. The Hall–Kier alpha value is -3.87. The summed E-state index contributed by atoms with van der Waals surface area (Å²) in [5.74, 6) is -0.823. The van der Waals surface area contributed by atoms with Gasteiger partial charge in [0, 0.05) is 19.3 Å². The summed E-state index contributed by atoms with van der Waals surface area (Å²) < 4.78 is 84.3. The number of aromatic nitrogens is 3. The highest BCUT2D eigenvalue weighted by molar-refractivity contribution is 7.89. The van der Waals surface area contributed by atoms with Gasteiger partial charge in [0.25, 0.3) is 0 Å². The van der Waals surface area contributed by atoms with Crippen LogP contribution >= 0.6 is 11.6 Å². The fourth-order valence-corrected chi connectivity index (χ4v) is 7.33. The van der Waals surface area contributed by atoms with E-state index in [-0.39, 0.29) is 31.6 Å². The first kappa shape index (κ1) is 28.3. The number of nitrogens with zero attached hydrogens (tertiary/aromatic N) is 4. The summed E-state index contributed by atoms with van der Waals surface area (Å²) in [6.45, 7) is -0.392. The van der Waals surface area contributed by atoms with Crippen molar-refractivity contribution in [3.63, 3.8) is 0 Å². The molecule has 42 heavy (non-hydrogen) atoms. The maximum atomic E-state index is 14.2. The smallest absolute Gasteiger partial charge is 0.291 e. The van der Waals surface area contributed by atoms with Crippen LogP contribution in [-0.2, 0) is 22.6 Å². The molecule has 1 atom stereocenters. The van der Waals surface area contributed by atoms with Crippen molar-refractivity contribution in [3.05, 3.63) is 112 Å². The molecule has 1 aliphatic carbocycles. The molecule has 1 unspecified atom stereocenters. The third-order valence-corrected chi connectivity index (χ3v) is 9.84. The standard InChI is InChI=1S/C29H21ClF4N4O3S/c30-24-9-8-22(14-23(24)29(32,33)34)42(40,41)37-12-10-19-13-26-18(16-36-38(26)21-6-4-20(31)5-7-21)15-28(19,17-37)27(39)25-3-1-2-11-35-25/h1-9,11,13-14,16H,10,12,15,17H2. The van der Waals surface area contributed by atoms with E-state index in [1.165, 1.54) is 24.4 Å². The Morgan fingerprint density at radius 1 is 1.05 bits per heavy atom. The maximum Gasteiger partial charge on any atom is 0.417 e. The Balaban J connectivity index is 1.44. The van der Waals surface area contributed by atoms with Crippen molar-refractivity contribution in [1.82, 2.24) is 19.1 Å². The molecule has 2 aromatic carbocycles. The van der Waals surface area contributed by atoms with Gasteiger partial charge in [-0.15, -0.1) is 0 Å². The molecular weight excluding hydrogens is 596 g/mol. The second kappa shape index (κ2) is 10.1. The van der Waals surface area contributed by atoms with Crippen molar-refractivity contribution < 1.29 is 30.8 Å². The van der Waals surface area contributed by atoms with Crippen LogP contribution < -0.4 is 0 Å². The number of ketones is 1. The van der Waals surface area contributed by atoms with E-state index in [0.29, 0.717) is 28.6 Å². The molecule has 1 fully saturated rings. The van der Waals surface area contributed by atoms with Crippen LogP contribution in [0, 0.1) is 11.2 Å². The molecule has 0 bridgehead atoms. The van der Waals surface area contributed by atoms with E-state index in [9.17, 15) is 30.8 Å². The number of alkyl halides is 3. The highest BCUT2D eigenvalue weighted by Crippen LogP contribution is 2.47. The predicted molar refractivity (Wildman–Crippen MR) is 146 cm³/mol. The maximum absolute atomic E-state index is 14.2. The molecular formula is C29H21ClF4N4O3S. The molecule has 216 valence electrons.